The van der Waals surface area contributed by atoms with Gasteiger partial charge in [-0.3, -0.25) is 0 Å². The third kappa shape index (κ3) is 10.1. The summed E-state index contributed by atoms with van der Waals surface area (Å²) in [6.45, 7) is 4.57. The van der Waals surface area contributed by atoms with Gasteiger partial charge >= 0.3 is 0 Å². The van der Waals surface area contributed by atoms with Gasteiger partial charge in [-0.2, -0.15) is 0 Å². The van der Waals surface area contributed by atoms with Crippen LogP contribution in [0.3, 0.4) is 0 Å². The molecule has 5 aromatic rings. The molecule has 0 aliphatic rings. The molecular weight excluding hydrogens is 593 g/mol. The molecule has 46 heavy (non-hydrogen) atoms. The fourth-order valence-corrected chi connectivity index (χ4v) is 8.91. The molecule has 242 valence electrons. The Hall–Kier alpha value is -2.78. The van der Waals surface area contributed by atoms with Crippen molar-refractivity contribution < 1.29 is 0 Å². The maximum Gasteiger partial charge on any atom is 0.0367 e. The molecular formula is C44H54S2. The Balaban J connectivity index is 1.14. The van der Waals surface area contributed by atoms with Gasteiger partial charge in [-0.05, 0) is 49.2 Å². The minimum atomic E-state index is 1.01. The first-order valence-corrected chi connectivity index (χ1v) is 20.2. The van der Waals surface area contributed by atoms with Crippen LogP contribution in [0, 0.1) is 23.7 Å². The SMILES string of the molecule is CCCCCCCCCCCC#Cc1ccc2c(c1)sc1cc3c(cc12)sc1cc(C#CCCCCCCCCCCC)ccc13. The summed E-state index contributed by atoms with van der Waals surface area (Å²) in [5, 5.41) is 5.45. The molecule has 0 bridgehead atoms. The summed E-state index contributed by atoms with van der Waals surface area (Å²) in [6, 6.07) is 18.4. The van der Waals surface area contributed by atoms with Gasteiger partial charge in [0.2, 0.25) is 0 Å². The van der Waals surface area contributed by atoms with Gasteiger partial charge in [0, 0.05) is 64.3 Å². The molecule has 0 aliphatic carbocycles. The Labute approximate surface area is 287 Å². The van der Waals surface area contributed by atoms with E-state index in [1.165, 1.54) is 156 Å². The number of unbranched alkanes of at least 4 members (excludes halogenated alkanes) is 18. The summed E-state index contributed by atoms with van der Waals surface area (Å²) in [5.41, 5.74) is 2.29. The fourth-order valence-electron chi connectivity index (χ4n) is 6.58. The summed E-state index contributed by atoms with van der Waals surface area (Å²) in [7, 11) is 0. The van der Waals surface area contributed by atoms with Gasteiger partial charge in [0.1, 0.15) is 0 Å². The van der Waals surface area contributed by atoms with Crippen LogP contribution >= 0.6 is 22.7 Å². The normalized spacial score (nSPS) is 11.3. The Bertz CT molecular complexity index is 1660. The largest absolute Gasteiger partial charge is 0.135 e. The van der Waals surface area contributed by atoms with Gasteiger partial charge in [-0.25, -0.2) is 0 Å². The van der Waals surface area contributed by atoms with Crippen LogP contribution in [0.5, 0.6) is 0 Å². The maximum atomic E-state index is 3.45. The van der Waals surface area contributed by atoms with Gasteiger partial charge in [0.05, 0.1) is 0 Å². The van der Waals surface area contributed by atoms with Crippen LogP contribution in [0.25, 0.3) is 40.3 Å². The van der Waals surface area contributed by atoms with Gasteiger partial charge in [0.25, 0.3) is 0 Å². The molecule has 0 unspecified atom stereocenters. The summed E-state index contributed by atoms with van der Waals surface area (Å²) >= 11 is 3.81. The molecule has 5 rings (SSSR count). The molecule has 0 saturated heterocycles. The monoisotopic (exact) mass is 646 g/mol. The van der Waals surface area contributed by atoms with E-state index in [-0.39, 0.29) is 0 Å². The number of benzene rings is 3. The number of thiophene rings is 2. The number of hydrogen-bond acceptors (Lipinski definition) is 2. The van der Waals surface area contributed by atoms with E-state index in [4.69, 9.17) is 0 Å². The lowest BCUT2D eigenvalue weighted by Gasteiger charge is -2.00. The predicted molar refractivity (Wildman–Crippen MR) is 210 cm³/mol. The quantitative estimate of drug-likeness (QED) is 0.0656. The summed E-state index contributed by atoms with van der Waals surface area (Å²) in [6.07, 6.45) is 26.6. The van der Waals surface area contributed by atoms with Crippen LogP contribution in [0.1, 0.15) is 153 Å². The van der Waals surface area contributed by atoms with Crippen molar-refractivity contribution in [3.05, 3.63) is 59.7 Å². The van der Waals surface area contributed by atoms with E-state index in [0.29, 0.717) is 0 Å². The average molecular weight is 647 g/mol. The van der Waals surface area contributed by atoms with Crippen molar-refractivity contribution in [2.75, 3.05) is 0 Å². The Morgan fingerprint density at radius 1 is 0.391 bits per heavy atom. The first-order chi connectivity index (χ1) is 22.8. The second-order valence-electron chi connectivity index (χ2n) is 13.2. The molecule has 3 aromatic carbocycles. The topological polar surface area (TPSA) is 0 Å². The first kappa shape index (κ1) is 34.6. The molecule has 0 aliphatic heterocycles. The van der Waals surface area contributed by atoms with Crippen LogP contribution in [-0.4, -0.2) is 0 Å². The first-order valence-electron chi connectivity index (χ1n) is 18.6. The summed E-state index contributed by atoms with van der Waals surface area (Å²) in [5.74, 6) is 13.8. The van der Waals surface area contributed by atoms with E-state index in [9.17, 15) is 0 Å². The van der Waals surface area contributed by atoms with Crippen LogP contribution in [0.4, 0.5) is 0 Å². The number of fused-ring (bicyclic) bond motifs is 6. The molecule has 0 amide bonds. The highest BCUT2D eigenvalue weighted by atomic mass is 32.1. The molecule has 2 heterocycles. The standard InChI is InChI=1S/C44H54S2/c1-3-5-7-9-11-13-15-17-19-21-23-25-35-27-29-37-39-33-44-40(34-43(39)45-41(37)31-35)38-30-28-36(32-42(38)46-44)26-24-22-20-18-16-14-12-10-8-6-4-2/h27-34H,3-22H2,1-2H3. The zero-order valence-electron chi connectivity index (χ0n) is 28.6. The highest BCUT2D eigenvalue weighted by Crippen LogP contribution is 2.42. The van der Waals surface area contributed by atoms with E-state index < -0.39 is 0 Å². The molecule has 0 N–H and O–H groups in total. The molecule has 0 spiro atoms. The number of rotatable bonds is 18. The number of hydrogen-bond donors (Lipinski definition) is 0. The molecule has 0 saturated carbocycles. The molecule has 0 atom stereocenters. The van der Waals surface area contributed by atoms with Crippen molar-refractivity contribution in [2.24, 2.45) is 0 Å². The zero-order chi connectivity index (χ0) is 31.8. The van der Waals surface area contributed by atoms with E-state index >= 15 is 0 Å². The van der Waals surface area contributed by atoms with Gasteiger partial charge in [0.15, 0.2) is 0 Å². The van der Waals surface area contributed by atoms with Crippen molar-refractivity contribution in [2.45, 2.75) is 142 Å². The third-order valence-corrected chi connectivity index (χ3v) is 11.6. The fraction of sp³-hybridized carbons (Fsp3) is 0.500. The van der Waals surface area contributed by atoms with Gasteiger partial charge in [-0.1, -0.05) is 152 Å². The van der Waals surface area contributed by atoms with Crippen molar-refractivity contribution in [1.82, 2.24) is 0 Å². The van der Waals surface area contributed by atoms with Gasteiger partial charge < -0.3 is 0 Å². The lowest BCUT2D eigenvalue weighted by atomic mass is 10.1. The van der Waals surface area contributed by atoms with E-state index in [1.54, 1.807) is 0 Å². The van der Waals surface area contributed by atoms with Crippen LogP contribution in [0.2, 0.25) is 0 Å². The second-order valence-corrected chi connectivity index (χ2v) is 15.4. The Morgan fingerprint density at radius 2 is 0.739 bits per heavy atom. The highest BCUT2D eigenvalue weighted by Gasteiger charge is 2.11. The highest BCUT2D eigenvalue weighted by molar-refractivity contribution is 7.27. The van der Waals surface area contributed by atoms with Crippen molar-refractivity contribution in [1.29, 1.82) is 0 Å². The molecule has 2 heteroatoms. The van der Waals surface area contributed by atoms with E-state index in [2.05, 4.69) is 86.1 Å². The van der Waals surface area contributed by atoms with Crippen molar-refractivity contribution >= 4 is 63.0 Å². The minimum Gasteiger partial charge on any atom is -0.135 e. The van der Waals surface area contributed by atoms with Crippen LogP contribution < -0.4 is 0 Å². The smallest absolute Gasteiger partial charge is 0.0367 e. The lowest BCUT2D eigenvalue weighted by molar-refractivity contribution is 0.567. The zero-order valence-corrected chi connectivity index (χ0v) is 30.2. The average Bonchev–Trinajstić information content (AvgIpc) is 3.61. The molecule has 0 radical (unpaired) electrons. The lowest BCUT2D eigenvalue weighted by Crippen LogP contribution is -1.81. The van der Waals surface area contributed by atoms with Crippen LogP contribution in [0.15, 0.2) is 48.5 Å². The van der Waals surface area contributed by atoms with Crippen molar-refractivity contribution in [3.63, 3.8) is 0 Å². The molecule has 0 nitrogen and oxygen atoms in total. The van der Waals surface area contributed by atoms with Gasteiger partial charge in [-0.15, -0.1) is 22.7 Å². The minimum absolute atomic E-state index is 1.01. The Morgan fingerprint density at radius 3 is 1.13 bits per heavy atom. The molecule has 0 fully saturated rings. The summed E-state index contributed by atoms with van der Waals surface area (Å²) in [4.78, 5) is 0. The van der Waals surface area contributed by atoms with Crippen LogP contribution in [-0.2, 0) is 0 Å². The summed E-state index contributed by atoms with van der Waals surface area (Å²) < 4.78 is 5.42. The van der Waals surface area contributed by atoms with Crippen molar-refractivity contribution in [3.8, 4) is 23.7 Å². The predicted octanol–water partition coefficient (Wildman–Crippen LogP) is 15.0. The maximum absolute atomic E-state index is 3.45. The second kappa shape index (κ2) is 19.1. The van der Waals surface area contributed by atoms with E-state index in [1.807, 2.05) is 22.7 Å². The van der Waals surface area contributed by atoms with E-state index in [0.717, 1.165) is 24.0 Å². The Kier molecular flexibility index (Phi) is 14.4. The third-order valence-electron chi connectivity index (χ3n) is 9.34. The molecule has 2 aromatic heterocycles.